The first-order valence-corrected chi connectivity index (χ1v) is 8.30. The Labute approximate surface area is 127 Å². The number of piperidine rings is 2. The second-order valence-electron chi connectivity index (χ2n) is 6.31. The third-order valence-corrected chi connectivity index (χ3v) is 4.62. The number of rotatable bonds is 4. The third-order valence-electron chi connectivity index (χ3n) is 4.62. The summed E-state index contributed by atoms with van der Waals surface area (Å²) < 4.78 is 5.12. The molecule has 2 fully saturated rings. The molecule has 2 aliphatic heterocycles. The van der Waals surface area contributed by atoms with E-state index in [1.165, 1.54) is 0 Å². The Kier molecular flexibility index (Phi) is 6.03. The van der Waals surface area contributed by atoms with Crippen LogP contribution in [-0.4, -0.2) is 60.5 Å². The van der Waals surface area contributed by atoms with Gasteiger partial charge in [-0.2, -0.15) is 0 Å². The molecule has 5 nitrogen and oxygen atoms in total. The van der Waals surface area contributed by atoms with Crippen molar-refractivity contribution in [3.8, 4) is 0 Å². The normalized spacial score (nSPS) is 24.9. The summed E-state index contributed by atoms with van der Waals surface area (Å²) in [4.78, 5) is 28.5. The fourth-order valence-electron chi connectivity index (χ4n) is 3.22. The summed E-state index contributed by atoms with van der Waals surface area (Å²) in [6.07, 6.45) is 5.04. The Morgan fingerprint density at radius 3 is 2.48 bits per heavy atom. The summed E-state index contributed by atoms with van der Waals surface area (Å²) in [5.74, 6) is 0.610. The van der Waals surface area contributed by atoms with E-state index in [9.17, 15) is 9.59 Å². The minimum atomic E-state index is -0.366. The van der Waals surface area contributed by atoms with Gasteiger partial charge in [-0.3, -0.25) is 9.69 Å². The van der Waals surface area contributed by atoms with Gasteiger partial charge in [0.05, 0.1) is 13.2 Å². The molecule has 0 aromatic heterocycles. The second-order valence-corrected chi connectivity index (χ2v) is 6.31. The summed E-state index contributed by atoms with van der Waals surface area (Å²) in [6.45, 7) is 7.56. The average Bonchev–Trinajstić information content (AvgIpc) is 2.50. The molecule has 0 bridgehead atoms. The lowest BCUT2D eigenvalue weighted by molar-refractivity contribution is -0.157. The van der Waals surface area contributed by atoms with Gasteiger partial charge in [0, 0.05) is 6.54 Å². The van der Waals surface area contributed by atoms with Crippen LogP contribution in [0.5, 0.6) is 0 Å². The number of hydrogen-bond donors (Lipinski definition) is 0. The minimum Gasteiger partial charge on any atom is -0.464 e. The number of amides is 1. The van der Waals surface area contributed by atoms with Crippen LogP contribution in [0, 0.1) is 5.92 Å². The zero-order valence-electron chi connectivity index (χ0n) is 13.3. The molecule has 1 amide bonds. The number of nitrogens with zero attached hydrogens (tertiary/aromatic N) is 2. The Morgan fingerprint density at radius 1 is 1.10 bits per heavy atom. The van der Waals surface area contributed by atoms with E-state index in [2.05, 4.69) is 11.8 Å². The van der Waals surface area contributed by atoms with Gasteiger partial charge in [-0.25, -0.2) is 4.79 Å². The highest BCUT2D eigenvalue weighted by Gasteiger charge is 2.33. The summed E-state index contributed by atoms with van der Waals surface area (Å²) in [5, 5.41) is 0. The first kappa shape index (κ1) is 16.3. The second kappa shape index (κ2) is 7.78. The summed E-state index contributed by atoms with van der Waals surface area (Å²) in [7, 11) is 0. The molecular formula is C16H28N2O3. The maximum atomic E-state index is 12.5. The lowest BCUT2D eigenvalue weighted by Gasteiger charge is -2.36. The highest BCUT2D eigenvalue weighted by Crippen LogP contribution is 2.20. The van der Waals surface area contributed by atoms with Crippen molar-refractivity contribution in [3.63, 3.8) is 0 Å². The fraction of sp³-hybridized carbons (Fsp3) is 0.875. The van der Waals surface area contributed by atoms with Crippen molar-refractivity contribution < 1.29 is 14.3 Å². The monoisotopic (exact) mass is 296 g/mol. The molecule has 21 heavy (non-hydrogen) atoms. The predicted molar refractivity (Wildman–Crippen MR) is 80.8 cm³/mol. The van der Waals surface area contributed by atoms with Crippen LogP contribution in [0.25, 0.3) is 0 Å². The van der Waals surface area contributed by atoms with E-state index in [0.717, 1.165) is 51.1 Å². The number of esters is 1. The smallest absolute Gasteiger partial charge is 0.328 e. The van der Waals surface area contributed by atoms with Crippen LogP contribution < -0.4 is 0 Å². The van der Waals surface area contributed by atoms with Crippen LogP contribution in [-0.2, 0) is 14.3 Å². The van der Waals surface area contributed by atoms with Crippen molar-refractivity contribution in [2.45, 2.75) is 52.0 Å². The first-order valence-electron chi connectivity index (χ1n) is 8.30. The number of likely N-dealkylation sites (tertiary alicyclic amines) is 2. The fourth-order valence-corrected chi connectivity index (χ4v) is 3.22. The van der Waals surface area contributed by atoms with Gasteiger partial charge in [-0.15, -0.1) is 0 Å². The van der Waals surface area contributed by atoms with Gasteiger partial charge in [0.15, 0.2) is 0 Å². The van der Waals surface area contributed by atoms with E-state index >= 15 is 0 Å². The van der Waals surface area contributed by atoms with Crippen LogP contribution in [0.4, 0.5) is 0 Å². The number of carbonyl (C=O) groups is 2. The Morgan fingerprint density at radius 2 is 1.81 bits per heavy atom. The molecule has 2 saturated heterocycles. The molecule has 2 rings (SSSR count). The predicted octanol–water partition coefficient (Wildman–Crippen LogP) is 1.66. The van der Waals surface area contributed by atoms with Gasteiger partial charge in [0.25, 0.3) is 0 Å². The van der Waals surface area contributed by atoms with Crippen LogP contribution in [0.15, 0.2) is 0 Å². The highest BCUT2D eigenvalue weighted by atomic mass is 16.5. The summed E-state index contributed by atoms with van der Waals surface area (Å²) in [5.41, 5.74) is 0. The van der Waals surface area contributed by atoms with Crippen LogP contribution in [0.2, 0.25) is 0 Å². The number of ether oxygens (including phenoxy) is 1. The Bertz CT molecular complexity index is 365. The van der Waals surface area contributed by atoms with Crippen molar-refractivity contribution in [2.24, 2.45) is 5.92 Å². The molecule has 0 aromatic rings. The van der Waals surface area contributed by atoms with E-state index in [-0.39, 0.29) is 17.9 Å². The maximum absolute atomic E-state index is 12.5. The van der Waals surface area contributed by atoms with E-state index in [1.54, 1.807) is 4.90 Å². The highest BCUT2D eigenvalue weighted by molar-refractivity contribution is 5.85. The van der Waals surface area contributed by atoms with Crippen molar-refractivity contribution in [1.82, 2.24) is 9.80 Å². The molecule has 0 N–H and O–H groups in total. The van der Waals surface area contributed by atoms with Crippen molar-refractivity contribution in [3.05, 3.63) is 0 Å². The molecule has 0 spiro atoms. The van der Waals surface area contributed by atoms with Gasteiger partial charge in [0.1, 0.15) is 6.04 Å². The lowest BCUT2D eigenvalue weighted by atomic mass is 9.99. The molecule has 0 aliphatic carbocycles. The topological polar surface area (TPSA) is 49.9 Å². The number of carbonyl (C=O) groups excluding carboxylic acids is 2. The molecule has 0 saturated carbocycles. The Hall–Kier alpha value is -1.10. The molecule has 1 atom stereocenters. The molecule has 0 aromatic carbocycles. The van der Waals surface area contributed by atoms with Crippen LogP contribution >= 0.6 is 0 Å². The van der Waals surface area contributed by atoms with Gasteiger partial charge in [-0.1, -0.05) is 6.92 Å². The average molecular weight is 296 g/mol. The maximum Gasteiger partial charge on any atom is 0.328 e. The van der Waals surface area contributed by atoms with Gasteiger partial charge in [-0.05, 0) is 58.0 Å². The minimum absolute atomic E-state index is 0.0855. The van der Waals surface area contributed by atoms with Gasteiger partial charge in [0.2, 0.25) is 5.91 Å². The molecule has 1 unspecified atom stereocenters. The van der Waals surface area contributed by atoms with E-state index < -0.39 is 0 Å². The van der Waals surface area contributed by atoms with Crippen molar-refractivity contribution >= 4 is 11.9 Å². The molecule has 120 valence electrons. The van der Waals surface area contributed by atoms with Crippen molar-refractivity contribution in [2.75, 3.05) is 32.8 Å². The zero-order chi connectivity index (χ0) is 15.2. The van der Waals surface area contributed by atoms with Crippen LogP contribution in [0.3, 0.4) is 0 Å². The van der Waals surface area contributed by atoms with E-state index in [0.29, 0.717) is 19.7 Å². The largest absolute Gasteiger partial charge is 0.464 e. The molecule has 0 radical (unpaired) electrons. The standard InChI is InChI=1S/C16H28N2O3/c1-3-21-16(20)14-6-4-5-9-18(14)15(19)12-17-10-7-13(2)8-11-17/h13-14H,3-12H2,1-2H3. The van der Waals surface area contributed by atoms with Crippen molar-refractivity contribution in [1.29, 1.82) is 0 Å². The van der Waals surface area contributed by atoms with E-state index in [1.807, 2.05) is 6.92 Å². The Balaban J connectivity index is 1.90. The van der Waals surface area contributed by atoms with Crippen LogP contribution in [0.1, 0.15) is 46.0 Å². The quantitative estimate of drug-likeness (QED) is 0.740. The molecular weight excluding hydrogens is 268 g/mol. The number of hydrogen-bond acceptors (Lipinski definition) is 4. The first-order chi connectivity index (χ1) is 10.1. The molecule has 2 heterocycles. The summed E-state index contributed by atoms with van der Waals surface area (Å²) >= 11 is 0. The SMILES string of the molecule is CCOC(=O)C1CCCCN1C(=O)CN1CCC(C)CC1. The van der Waals surface area contributed by atoms with E-state index in [4.69, 9.17) is 4.74 Å². The lowest BCUT2D eigenvalue weighted by Crippen LogP contribution is -2.52. The summed E-state index contributed by atoms with van der Waals surface area (Å²) in [6, 6.07) is -0.366. The van der Waals surface area contributed by atoms with Gasteiger partial charge < -0.3 is 9.64 Å². The molecule has 5 heteroatoms. The zero-order valence-corrected chi connectivity index (χ0v) is 13.3. The molecule has 2 aliphatic rings. The third kappa shape index (κ3) is 4.43. The van der Waals surface area contributed by atoms with Gasteiger partial charge >= 0.3 is 5.97 Å².